The van der Waals surface area contributed by atoms with E-state index in [4.69, 9.17) is 4.74 Å². The van der Waals surface area contributed by atoms with Gasteiger partial charge in [0.2, 0.25) is 5.91 Å². The fraction of sp³-hybridized carbons (Fsp3) is 0.300. The summed E-state index contributed by atoms with van der Waals surface area (Å²) in [4.78, 5) is 26.3. The number of benzene rings is 2. The van der Waals surface area contributed by atoms with Crippen molar-refractivity contribution < 1.29 is 14.3 Å². The van der Waals surface area contributed by atoms with Crippen LogP contribution in [0.5, 0.6) is 0 Å². The lowest BCUT2D eigenvalue weighted by Crippen LogP contribution is -2.51. The molecule has 0 aliphatic carbocycles. The summed E-state index contributed by atoms with van der Waals surface area (Å²) < 4.78 is 5.20. The normalized spacial score (nSPS) is 11.7. The molecule has 2 rings (SSSR count). The third-order valence-corrected chi connectivity index (χ3v) is 3.68. The fourth-order valence-corrected chi connectivity index (χ4v) is 2.37. The number of rotatable bonds is 8. The summed E-state index contributed by atoms with van der Waals surface area (Å²) in [5, 5.41) is 5.49. The summed E-state index contributed by atoms with van der Waals surface area (Å²) >= 11 is 0. The lowest BCUT2D eigenvalue weighted by atomic mass is 10.2. The van der Waals surface area contributed by atoms with Gasteiger partial charge in [-0.2, -0.15) is 0 Å². The van der Waals surface area contributed by atoms with E-state index in [-0.39, 0.29) is 12.5 Å². The Balaban J connectivity index is 1.86. The number of carbonyl (C=O) groups excluding carboxylic acids is 2. The van der Waals surface area contributed by atoms with E-state index in [9.17, 15) is 9.59 Å². The number of alkyl carbamates (subject to hydrolysis) is 1. The number of carbonyl (C=O) groups is 2. The molecule has 0 bridgehead atoms. The molecule has 0 saturated carbocycles. The molecule has 0 radical (unpaired) electrons. The maximum absolute atomic E-state index is 12.5. The van der Waals surface area contributed by atoms with Gasteiger partial charge < -0.3 is 20.3 Å². The number of nitrogens with one attached hydrogen (secondary N) is 2. The van der Waals surface area contributed by atoms with Crippen LogP contribution in [0.1, 0.15) is 11.1 Å². The van der Waals surface area contributed by atoms with Crippen LogP contribution >= 0.6 is 0 Å². The van der Waals surface area contributed by atoms with Crippen LogP contribution in [0, 0.1) is 0 Å². The number of hydrogen-bond acceptors (Lipinski definition) is 4. The van der Waals surface area contributed by atoms with Crippen LogP contribution in [-0.2, 0) is 22.7 Å². The SMILES string of the molecule is CN(C)CC(NC(=O)OCc1ccccc1)C(=O)NCc1ccccc1. The topological polar surface area (TPSA) is 70.7 Å². The van der Waals surface area contributed by atoms with Gasteiger partial charge in [-0.1, -0.05) is 60.7 Å². The van der Waals surface area contributed by atoms with Crippen LogP contribution in [0.3, 0.4) is 0 Å². The molecule has 2 N–H and O–H groups in total. The minimum absolute atomic E-state index is 0.160. The first-order valence-electron chi connectivity index (χ1n) is 8.48. The van der Waals surface area contributed by atoms with E-state index >= 15 is 0 Å². The summed E-state index contributed by atoms with van der Waals surface area (Å²) in [7, 11) is 3.68. The second kappa shape index (κ2) is 10.2. The van der Waals surface area contributed by atoms with Crippen molar-refractivity contribution >= 4 is 12.0 Å². The predicted octanol–water partition coefficient (Wildman–Crippen LogP) is 2.16. The van der Waals surface area contributed by atoms with E-state index < -0.39 is 12.1 Å². The van der Waals surface area contributed by atoms with Gasteiger partial charge in [-0.3, -0.25) is 4.79 Å². The zero-order chi connectivity index (χ0) is 18.8. The molecule has 0 fully saturated rings. The summed E-state index contributed by atoms with van der Waals surface area (Å²) in [6.45, 7) is 0.943. The van der Waals surface area contributed by atoms with E-state index in [1.54, 1.807) is 0 Å². The van der Waals surface area contributed by atoms with Gasteiger partial charge in [0.05, 0.1) is 0 Å². The van der Waals surface area contributed by atoms with Crippen molar-refractivity contribution in [3.8, 4) is 0 Å². The third kappa shape index (κ3) is 6.94. The van der Waals surface area contributed by atoms with Crippen LogP contribution in [0.15, 0.2) is 60.7 Å². The van der Waals surface area contributed by atoms with Crippen molar-refractivity contribution in [3.63, 3.8) is 0 Å². The van der Waals surface area contributed by atoms with E-state index in [0.29, 0.717) is 13.1 Å². The molecular formula is C20H25N3O3. The Bertz CT molecular complexity index is 690. The van der Waals surface area contributed by atoms with Crippen LogP contribution in [0.25, 0.3) is 0 Å². The Morgan fingerprint density at radius 3 is 2.12 bits per heavy atom. The van der Waals surface area contributed by atoms with E-state index in [1.165, 1.54) is 0 Å². The number of likely N-dealkylation sites (N-methyl/N-ethyl adjacent to an activating group) is 1. The molecule has 26 heavy (non-hydrogen) atoms. The van der Waals surface area contributed by atoms with Gasteiger partial charge in [0.25, 0.3) is 0 Å². The monoisotopic (exact) mass is 355 g/mol. The summed E-state index contributed by atoms with van der Waals surface area (Å²) in [5.41, 5.74) is 1.89. The Labute approximate surface area is 154 Å². The molecule has 0 heterocycles. The number of ether oxygens (including phenoxy) is 1. The average Bonchev–Trinajstić information content (AvgIpc) is 2.65. The first-order chi connectivity index (χ1) is 12.5. The average molecular weight is 355 g/mol. The van der Waals surface area contributed by atoms with Gasteiger partial charge in [0.15, 0.2) is 0 Å². The molecule has 2 aromatic carbocycles. The van der Waals surface area contributed by atoms with Crippen LogP contribution in [0.4, 0.5) is 4.79 Å². The molecule has 6 heteroatoms. The molecule has 1 unspecified atom stereocenters. The Kier molecular flexibility index (Phi) is 7.64. The molecule has 0 aromatic heterocycles. The first kappa shape index (κ1) is 19.5. The van der Waals surface area contributed by atoms with E-state index in [2.05, 4.69) is 10.6 Å². The van der Waals surface area contributed by atoms with Gasteiger partial charge in [0.1, 0.15) is 12.6 Å². The minimum atomic E-state index is -0.697. The number of amides is 2. The summed E-state index contributed by atoms with van der Waals surface area (Å²) in [6, 6.07) is 18.3. The summed E-state index contributed by atoms with van der Waals surface area (Å²) in [5.74, 6) is -0.251. The fourth-order valence-electron chi connectivity index (χ4n) is 2.37. The van der Waals surface area contributed by atoms with Gasteiger partial charge >= 0.3 is 6.09 Å². The van der Waals surface area contributed by atoms with Crippen molar-refractivity contribution in [1.29, 1.82) is 0 Å². The van der Waals surface area contributed by atoms with Crippen LogP contribution in [0.2, 0.25) is 0 Å². The molecule has 1 atom stereocenters. The van der Waals surface area contributed by atoms with Crippen LogP contribution in [-0.4, -0.2) is 43.6 Å². The predicted molar refractivity (Wildman–Crippen MR) is 100 cm³/mol. The molecule has 138 valence electrons. The van der Waals surface area contributed by atoms with Crippen molar-refractivity contribution in [2.75, 3.05) is 20.6 Å². The highest BCUT2D eigenvalue weighted by Gasteiger charge is 2.22. The van der Waals surface area contributed by atoms with Crippen molar-refractivity contribution in [2.24, 2.45) is 0 Å². The Hall–Kier alpha value is -2.86. The maximum Gasteiger partial charge on any atom is 0.408 e. The minimum Gasteiger partial charge on any atom is -0.445 e. The Morgan fingerprint density at radius 2 is 1.54 bits per heavy atom. The lowest BCUT2D eigenvalue weighted by molar-refractivity contribution is -0.123. The Morgan fingerprint density at radius 1 is 0.962 bits per heavy atom. The highest BCUT2D eigenvalue weighted by atomic mass is 16.5. The van der Waals surface area contributed by atoms with Gasteiger partial charge in [-0.05, 0) is 25.2 Å². The first-order valence-corrected chi connectivity index (χ1v) is 8.48. The van der Waals surface area contributed by atoms with E-state index in [1.807, 2.05) is 79.7 Å². The molecule has 0 aliphatic heterocycles. The van der Waals surface area contributed by atoms with Gasteiger partial charge in [-0.25, -0.2) is 4.79 Å². The largest absolute Gasteiger partial charge is 0.445 e. The van der Waals surface area contributed by atoms with Crippen LogP contribution < -0.4 is 10.6 Å². The molecule has 0 saturated heterocycles. The highest BCUT2D eigenvalue weighted by molar-refractivity contribution is 5.85. The standard InChI is InChI=1S/C20H25N3O3/c1-23(2)14-18(19(24)21-13-16-9-5-3-6-10-16)22-20(25)26-15-17-11-7-4-8-12-17/h3-12,18H,13-15H2,1-2H3,(H,21,24)(H,22,25). The summed E-state index contributed by atoms with van der Waals surface area (Å²) in [6.07, 6.45) is -0.615. The second-order valence-corrected chi connectivity index (χ2v) is 6.22. The molecule has 2 aromatic rings. The van der Waals surface area contributed by atoms with Crippen molar-refractivity contribution in [1.82, 2.24) is 15.5 Å². The third-order valence-electron chi connectivity index (χ3n) is 3.68. The molecule has 2 amide bonds. The van der Waals surface area contributed by atoms with Crippen molar-refractivity contribution in [3.05, 3.63) is 71.8 Å². The lowest BCUT2D eigenvalue weighted by Gasteiger charge is -2.21. The zero-order valence-electron chi connectivity index (χ0n) is 15.1. The van der Waals surface area contributed by atoms with E-state index in [0.717, 1.165) is 11.1 Å². The number of nitrogens with zero attached hydrogens (tertiary/aromatic N) is 1. The second-order valence-electron chi connectivity index (χ2n) is 6.22. The molecular weight excluding hydrogens is 330 g/mol. The van der Waals surface area contributed by atoms with Gasteiger partial charge in [0, 0.05) is 13.1 Å². The molecule has 6 nitrogen and oxygen atoms in total. The maximum atomic E-state index is 12.5. The van der Waals surface area contributed by atoms with Gasteiger partial charge in [-0.15, -0.1) is 0 Å². The number of hydrogen-bond donors (Lipinski definition) is 2. The zero-order valence-corrected chi connectivity index (χ0v) is 15.1. The smallest absolute Gasteiger partial charge is 0.408 e. The molecule has 0 spiro atoms. The quantitative estimate of drug-likeness (QED) is 0.761. The molecule has 0 aliphatic rings. The highest BCUT2D eigenvalue weighted by Crippen LogP contribution is 2.02. The van der Waals surface area contributed by atoms with Crippen molar-refractivity contribution in [2.45, 2.75) is 19.2 Å².